The lowest BCUT2D eigenvalue weighted by atomic mass is 10.2. The number of carbonyl (C=O) groups excluding carboxylic acids is 2. The van der Waals surface area contributed by atoms with E-state index < -0.39 is 0 Å². The van der Waals surface area contributed by atoms with Crippen LogP contribution in [0, 0.1) is 12.8 Å². The molecule has 1 unspecified atom stereocenters. The third kappa shape index (κ3) is 5.43. The molecule has 6 heteroatoms. The molecule has 20 heavy (non-hydrogen) atoms. The van der Waals surface area contributed by atoms with Gasteiger partial charge in [0.25, 0.3) is 0 Å². The van der Waals surface area contributed by atoms with Crippen LogP contribution >= 0.6 is 23.4 Å². The Morgan fingerprint density at radius 3 is 2.75 bits per heavy atom. The van der Waals surface area contributed by atoms with Gasteiger partial charge >= 0.3 is 5.97 Å². The third-order valence-corrected chi connectivity index (χ3v) is 4.12. The molecular weight excluding hydrogens is 298 g/mol. The molecule has 0 aromatic heterocycles. The summed E-state index contributed by atoms with van der Waals surface area (Å²) in [6.07, 6.45) is 0. The van der Waals surface area contributed by atoms with E-state index in [1.807, 2.05) is 13.0 Å². The van der Waals surface area contributed by atoms with Gasteiger partial charge in [0, 0.05) is 5.75 Å². The molecule has 0 spiro atoms. The summed E-state index contributed by atoms with van der Waals surface area (Å²) in [5, 5.41) is 3.27. The number of benzene rings is 1. The highest BCUT2D eigenvalue weighted by molar-refractivity contribution is 8.00. The van der Waals surface area contributed by atoms with E-state index in [9.17, 15) is 9.59 Å². The topological polar surface area (TPSA) is 55.4 Å². The summed E-state index contributed by atoms with van der Waals surface area (Å²) in [6.45, 7) is 3.70. The summed E-state index contributed by atoms with van der Waals surface area (Å²) in [5.41, 5.74) is 1.64. The van der Waals surface area contributed by atoms with Crippen LogP contribution in [0.1, 0.15) is 12.5 Å². The molecule has 1 amide bonds. The number of halogens is 1. The molecule has 110 valence electrons. The van der Waals surface area contributed by atoms with E-state index in [2.05, 4.69) is 10.1 Å². The summed E-state index contributed by atoms with van der Waals surface area (Å²) in [4.78, 5) is 23.0. The second-order valence-electron chi connectivity index (χ2n) is 4.47. The number of nitrogens with one attached hydrogen (secondary N) is 1. The van der Waals surface area contributed by atoms with Gasteiger partial charge in [0.1, 0.15) is 0 Å². The number of hydrogen-bond donors (Lipinski definition) is 1. The van der Waals surface area contributed by atoms with Gasteiger partial charge in [-0.15, -0.1) is 0 Å². The van der Waals surface area contributed by atoms with Gasteiger partial charge < -0.3 is 10.1 Å². The number of aryl methyl sites for hydroxylation is 1. The van der Waals surface area contributed by atoms with Gasteiger partial charge in [-0.3, -0.25) is 9.59 Å². The number of carbonyl (C=O) groups is 2. The highest BCUT2D eigenvalue weighted by Crippen LogP contribution is 2.23. The second kappa shape index (κ2) is 8.17. The molecule has 0 aliphatic heterocycles. The quantitative estimate of drug-likeness (QED) is 0.819. The Kier molecular flexibility index (Phi) is 6.88. The fraction of sp³-hybridized carbons (Fsp3) is 0.429. The molecule has 0 saturated heterocycles. The average Bonchev–Trinajstić information content (AvgIpc) is 2.41. The Morgan fingerprint density at radius 1 is 1.45 bits per heavy atom. The van der Waals surface area contributed by atoms with Crippen molar-refractivity contribution in [1.29, 1.82) is 0 Å². The molecule has 0 heterocycles. The summed E-state index contributed by atoms with van der Waals surface area (Å²) in [5.74, 6) is 0.186. The minimum Gasteiger partial charge on any atom is -0.469 e. The maximum Gasteiger partial charge on any atom is 0.309 e. The molecule has 0 radical (unpaired) electrons. The third-order valence-electron chi connectivity index (χ3n) is 2.60. The first-order chi connectivity index (χ1) is 9.43. The van der Waals surface area contributed by atoms with Gasteiger partial charge in [-0.2, -0.15) is 11.8 Å². The van der Waals surface area contributed by atoms with Crippen LogP contribution < -0.4 is 5.32 Å². The van der Waals surface area contributed by atoms with Crippen molar-refractivity contribution in [1.82, 2.24) is 0 Å². The Labute approximate surface area is 128 Å². The van der Waals surface area contributed by atoms with Crippen molar-refractivity contribution in [3.05, 3.63) is 28.8 Å². The standard InChI is InChI=1S/C14H18ClNO3S/c1-9-4-5-12(11(15)6-9)16-13(17)8-20-7-10(2)14(18)19-3/h4-6,10H,7-8H2,1-3H3,(H,16,17). The van der Waals surface area contributed by atoms with E-state index in [0.29, 0.717) is 16.5 Å². The van der Waals surface area contributed by atoms with E-state index in [0.717, 1.165) is 5.56 Å². The van der Waals surface area contributed by atoms with Crippen molar-refractivity contribution < 1.29 is 14.3 Å². The van der Waals surface area contributed by atoms with Gasteiger partial charge in [0.15, 0.2) is 0 Å². The fourth-order valence-electron chi connectivity index (χ4n) is 1.51. The van der Waals surface area contributed by atoms with Crippen LogP contribution in [0.2, 0.25) is 5.02 Å². The molecule has 4 nitrogen and oxygen atoms in total. The number of rotatable bonds is 6. The lowest BCUT2D eigenvalue weighted by Gasteiger charge is -2.10. The normalized spacial score (nSPS) is 11.8. The van der Waals surface area contributed by atoms with Crippen molar-refractivity contribution in [3.8, 4) is 0 Å². The van der Waals surface area contributed by atoms with Gasteiger partial charge in [-0.25, -0.2) is 0 Å². The predicted octanol–water partition coefficient (Wildman–Crippen LogP) is 3.13. The maximum atomic E-state index is 11.8. The zero-order valence-corrected chi connectivity index (χ0v) is 13.3. The molecule has 0 saturated carbocycles. The fourth-order valence-corrected chi connectivity index (χ4v) is 2.65. The minimum absolute atomic E-state index is 0.141. The first kappa shape index (κ1) is 16.9. The van der Waals surface area contributed by atoms with E-state index in [4.69, 9.17) is 11.6 Å². The highest BCUT2D eigenvalue weighted by atomic mass is 35.5. The summed E-state index contributed by atoms with van der Waals surface area (Å²) < 4.78 is 4.62. The van der Waals surface area contributed by atoms with Gasteiger partial charge in [0.05, 0.1) is 29.5 Å². The van der Waals surface area contributed by atoms with Crippen LogP contribution in [-0.4, -0.2) is 30.5 Å². The van der Waals surface area contributed by atoms with Crippen LogP contribution in [0.4, 0.5) is 5.69 Å². The van der Waals surface area contributed by atoms with E-state index in [1.165, 1.54) is 18.9 Å². The molecule has 1 atom stereocenters. The number of thioether (sulfide) groups is 1. The number of esters is 1. The van der Waals surface area contributed by atoms with E-state index in [-0.39, 0.29) is 23.5 Å². The number of methoxy groups -OCH3 is 1. The van der Waals surface area contributed by atoms with Gasteiger partial charge in [0.2, 0.25) is 5.91 Å². The molecular formula is C14H18ClNO3S. The van der Waals surface area contributed by atoms with Crippen LogP contribution in [0.3, 0.4) is 0 Å². The van der Waals surface area contributed by atoms with Gasteiger partial charge in [-0.1, -0.05) is 24.6 Å². The van der Waals surface area contributed by atoms with Crippen molar-refractivity contribution in [2.45, 2.75) is 13.8 Å². The first-order valence-corrected chi connectivity index (χ1v) is 7.69. The van der Waals surface area contributed by atoms with Crippen molar-refractivity contribution in [2.75, 3.05) is 23.9 Å². The molecule has 0 fully saturated rings. The monoisotopic (exact) mass is 315 g/mol. The highest BCUT2D eigenvalue weighted by Gasteiger charge is 2.14. The van der Waals surface area contributed by atoms with Crippen molar-refractivity contribution in [2.24, 2.45) is 5.92 Å². The number of anilines is 1. The molecule has 0 aliphatic carbocycles. The largest absolute Gasteiger partial charge is 0.469 e. The Morgan fingerprint density at radius 2 is 2.15 bits per heavy atom. The Hall–Kier alpha value is -1.20. The van der Waals surface area contributed by atoms with E-state index in [1.54, 1.807) is 19.1 Å². The lowest BCUT2D eigenvalue weighted by molar-refractivity contribution is -0.144. The van der Waals surface area contributed by atoms with Crippen molar-refractivity contribution in [3.63, 3.8) is 0 Å². The molecule has 0 bridgehead atoms. The average molecular weight is 316 g/mol. The SMILES string of the molecule is COC(=O)C(C)CSCC(=O)Nc1ccc(C)cc1Cl. The van der Waals surface area contributed by atoms with Crippen LogP contribution in [0.15, 0.2) is 18.2 Å². The first-order valence-electron chi connectivity index (χ1n) is 6.15. The lowest BCUT2D eigenvalue weighted by Crippen LogP contribution is -2.18. The van der Waals surface area contributed by atoms with Crippen LogP contribution in [0.25, 0.3) is 0 Å². The molecule has 1 aromatic carbocycles. The molecule has 1 rings (SSSR count). The van der Waals surface area contributed by atoms with E-state index >= 15 is 0 Å². The van der Waals surface area contributed by atoms with Crippen LogP contribution in [-0.2, 0) is 14.3 Å². The predicted molar refractivity (Wildman–Crippen MR) is 83.3 cm³/mol. The summed E-state index contributed by atoms with van der Waals surface area (Å²) in [6, 6.07) is 5.45. The van der Waals surface area contributed by atoms with Crippen molar-refractivity contribution >= 4 is 40.9 Å². The summed E-state index contributed by atoms with van der Waals surface area (Å²) in [7, 11) is 1.36. The maximum absolute atomic E-state index is 11.8. The summed E-state index contributed by atoms with van der Waals surface area (Å²) >= 11 is 7.42. The van der Waals surface area contributed by atoms with Crippen LogP contribution in [0.5, 0.6) is 0 Å². The van der Waals surface area contributed by atoms with Gasteiger partial charge in [-0.05, 0) is 24.6 Å². The smallest absolute Gasteiger partial charge is 0.309 e. The zero-order valence-electron chi connectivity index (χ0n) is 11.7. The molecule has 0 aliphatic rings. The molecule has 1 aromatic rings. The Balaban J connectivity index is 2.39. The second-order valence-corrected chi connectivity index (χ2v) is 5.91. The number of amides is 1. The molecule has 1 N–H and O–H groups in total. The number of hydrogen-bond acceptors (Lipinski definition) is 4. The number of ether oxygens (including phenoxy) is 1. The minimum atomic E-state index is -0.264. The zero-order chi connectivity index (χ0) is 15.1. The Bertz CT molecular complexity index is 493.